The average molecular weight is 258 g/mol. The summed E-state index contributed by atoms with van der Waals surface area (Å²) in [6, 6.07) is 0.144. The lowest BCUT2D eigenvalue weighted by molar-refractivity contribution is -0.130. The normalized spacial score (nSPS) is 13.4. The minimum Gasteiger partial charge on any atom is -0.409 e. The Morgan fingerprint density at radius 2 is 2.00 bits per heavy atom. The van der Waals surface area contributed by atoms with Crippen LogP contribution in [0.5, 0.6) is 0 Å². The van der Waals surface area contributed by atoms with Gasteiger partial charge >= 0.3 is 0 Å². The molecule has 0 aliphatic rings. The van der Waals surface area contributed by atoms with Gasteiger partial charge in [-0.3, -0.25) is 4.79 Å². The predicted octanol–water partition coefficient (Wildman–Crippen LogP) is 0.750. The standard InChI is InChI=1S/C12H26N4O2/c1-4-10(9-11(13)15-18)14-8-7-12(17)16(5-2)6-3/h10,14,18H,4-9H2,1-3H3,(H2,13,15). The summed E-state index contributed by atoms with van der Waals surface area (Å²) < 4.78 is 0. The molecule has 4 N–H and O–H groups in total. The molecule has 6 heteroatoms. The fourth-order valence-electron chi connectivity index (χ4n) is 1.77. The maximum absolute atomic E-state index is 11.8. The zero-order valence-electron chi connectivity index (χ0n) is 11.6. The van der Waals surface area contributed by atoms with Gasteiger partial charge in [0, 0.05) is 38.5 Å². The van der Waals surface area contributed by atoms with Gasteiger partial charge < -0.3 is 21.2 Å². The molecule has 1 atom stereocenters. The Balaban J connectivity index is 3.97. The number of nitrogens with zero attached hydrogens (tertiary/aromatic N) is 2. The fraction of sp³-hybridized carbons (Fsp3) is 0.833. The Labute approximate surface area is 109 Å². The van der Waals surface area contributed by atoms with E-state index in [1.165, 1.54) is 0 Å². The molecule has 18 heavy (non-hydrogen) atoms. The number of hydrogen-bond donors (Lipinski definition) is 3. The van der Waals surface area contributed by atoms with E-state index in [0.29, 0.717) is 19.4 Å². The smallest absolute Gasteiger partial charge is 0.223 e. The number of rotatable bonds is 9. The fourth-order valence-corrected chi connectivity index (χ4v) is 1.77. The third-order valence-corrected chi connectivity index (χ3v) is 2.96. The highest BCUT2D eigenvalue weighted by molar-refractivity contribution is 5.80. The summed E-state index contributed by atoms with van der Waals surface area (Å²) in [5.74, 6) is 0.371. The zero-order chi connectivity index (χ0) is 14.0. The summed E-state index contributed by atoms with van der Waals surface area (Å²) >= 11 is 0. The van der Waals surface area contributed by atoms with Crippen LogP contribution >= 0.6 is 0 Å². The van der Waals surface area contributed by atoms with Gasteiger partial charge in [0.1, 0.15) is 5.84 Å². The number of hydrogen-bond acceptors (Lipinski definition) is 4. The van der Waals surface area contributed by atoms with Gasteiger partial charge in [0.25, 0.3) is 0 Å². The average Bonchev–Trinajstić information content (AvgIpc) is 2.38. The van der Waals surface area contributed by atoms with Crippen molar-refractivity contribution in [2.24, 2.45) is 10.9 Å². The van der Waals surface area contributed by atoms with E-state index in [4.69, 9.17) is 10.9 Å². The third kappa shape index (κ3) is 6.44. The highest BCUT2D eigenvalue weighted by atomic mass is 16.4. The monoisotopic (exact) mass is 258 g/mol. The summed E-state index contributed by atoms with van der Waals surface area (Å²) in [4.78, 5) is 13.6. The molecule has 0 spiro atoms. The second-order valence-corrected chi connectivity index (χ2v) is 4.17. The number of oxime groups is 1. The minimum absolute atomic E-state index is 0.144. The van der Waals surface area contributed by atoms with Gasteiger partial charge in [0.15, 0.2) is 0 Å². The highest BCUT2D eigenvalue weighted by Gasteiger charge is 2.11. The molecule has 106 valence electrons. The minimum atomic E-state index is 0.144. The van der Waals surface area contributed by atoms with Crippen LogP contribution in [0.15, 0.2) is 5.16 Å². The molecular weight excluding hydrogens is 232 g/mol. The summed E-state index contributed by atoms with van der Waals surface area (Å²) in [6.07, 6.45) is 1.84. The van der Waals surface area contributed by atoms with Crippen molar-refractivity contribution >= 4 is 11.7 Å². The number of amidine groups is 1. The summed E-state index contributed by atoms with van der Waals surface area (Å²) in [6.45, 7) is 8.08. The molecule has 1 unspecified atom stereocenters. The van der Waals surface area contributed by atoms with Gasteiger partial charge in [0.2, 0.25) is 5.91 Å². The lowest BCUT2D eigenvalue weighted by atomic mass is 10.1. The molecule has 0 fully saturated rings. The molecule has 0 aliphatic heterocycles. The first kappa shape index (κ1) is 16.7. The lowest BCUT2D eigenvalue weighted by Gasteiger charge is -2.20. The lowest BCUT2D eigenvalue weighted by Crippen LogP contribution is -2.37. The van der Waals surface area contributed by atoms with Crippen molar-refractivity contribution in [1.29, 1.82) is 0 Å². The predicted molar refractivity (Wildman–Crippen MR) is 72.7 cm³/mol. The van der Waals surface area contributed by atoms with Crippen LogP contribution in [0.4, 0.5) is 0 Å². The van der Waals surface area contributed by atoms with Crippen molar-refractivity contribution < 1.29 is 10.0 Å². The van der Waals surface area contributed by atoms with Crippen molar-refractivity contribution in [3.8, 4) is 0 Å². The van der Waals surface area contributed by atoms with Crippen LogP contribution in [0.1, 0.15) is 40.0 Å². The van der Waals surface area contributed by atoms with Crippen LogP contribution in [0.25, 0.3) is 0 Å². The molecule has 0 radical (unpaired) electrons. The van der Waals surface area contributed by atoms with Crippen LogP contribution in [-0.2, 0) is 4.79 Å². The van der Waals surface area contributed by atoms with Crippen LogP contribution in [-0.4, -0.2) is 47.5 Å². The quantitative estimate of drug-likeness (QED) is 0.246. The molecule has 1 amide bonds. The number of nitrogens with two attached hydrogens (primary N) is 1. The van der Waals surface area contributed by atoms with E-state index in [1.807, 2.05) is 25.7 Å². The Morgan fingerprint density at radius 1 is 1.39 bits per heavy atom. The second kappa shape index (κ2) is 9.70. The molecule has 0 heterocycles. The topological polar surface area (TPSA) is 91.0 Å². The molecule has 6 nitrogen and oxygen atoms in total. The number of carbonyl (C=O) groups is 1. The molecule has 0 aliphatic carbocycles. The van der Waals surface area contributed by atoms with E-state index < -0.39 is 0 Å². The largest absolute Gasteiger partial charge is 0.409 e. The summed E-state index contributed by atoms with van der Waals surface area (Å²) in [5.41, 5.74) is 5.46. The number of carbonyl (C=O) groups excluding carboxylic acids is 1. The van der Waals surface area contributed by atoms with Crippen LogP contribution in [0.3, 0.4) is 0 Å². The number of nitrogens with one attached hydrogen (secondary N) is 1. The van der Waals surface area contributed by atoms with Gasteiger partial charge in [-0.15, -0.1) is 0 Å². The van der Waals surface area contributed by atoms with E-state index in [1.54, 1.807) is 0 Å². The Kier molecular flexibility index (Phi) is 9.00. The molecule has 0 saturated heterocycles. The molecule has 0 aromatic rings. The van der Waals surface area contributed by atoms with Crippen molar-refractivity contribution in [2.45, 2.75) is 46.1 Å². The van der Waals surface area contributed by atoms with E-state index in [-0.39, 0.29) is 17.8 Å². The second-order valence-electron chi connectivity index (χ2n) is 4.17. The number of amides is 1. The highest BCUT2D eigenvalue weighted by Crippen LogP contribution is 1.99. The molecular formula is C12H26N4O2. The molecule has 0 rings (SSSR count). The van der Waals surface area contributed by atoms with Crippen LogP contribution in [0, 0.1) is 0 Å². The molecule has 0 aromatic carbocycles. The van der Waals surface area contributed by atoms with Crippen molar-refractivity contribution in [2.75, 3.05) is 19.6 Å². The van der Waals surface area contributed by atoms with Gasteiger partial charge in [-0.2, -0.15) is 0 Å². The van der Waals surface area contributed by atoms with E-state index in [9.17, 15) is 4.79 Å². The van der Waals surface area contributed by atoms with Crippen molar-refractivity contribution in [1.82, 2.24) is 10.2 Å². The third-order valence-electron chi connectivity index (χ3n) is 2.96. The first-order valence-electron chi connectivity index (χ1n) is 6.56. The Bertz CT molecular complexity index is 265. The first-order chi connectivity index (χ1) is 8.58. The zero-order valence-corrected chi connectivity index (χ0v) is 11.6. The van der Waals surface area contributed by atoms with Gasteiger partial charge in [0.05, 0.1) is 0 Å². The van der Waals surface area contributed by atoms with Crippen LogP contribution in [0.2, 0.25) is 0 Å². The maximum Gasteiger partial charge on any atom is 0.223 e. The van der Waals surface area contributed by atoms with E-state index in [2.05, 4.69) is 10.5 Å². The molecule has 0 bridgehead atoms. The van der Waals surface area contributed by atoms with Gasteiger partial charge in [-0.25, -0.2) is 0 Å². The van der Waals surface area contributed by atoms with Gasteiger partial charge in [-0.05, 0) is 20.3 Å². The van der Waals surface area contributed by atoms with Crippen LogP contribution < -0.4 is 11.1 Å². The maximum atomic E-state index is 11.8. The first-order valence-corrected chi connectivity index (χ1v) is 6.56. The van der Waals surface area contributed by atoms with E-state index >= 15 is 0 Å². The van der Waals surface area contributed by atoms with Crippen molar-refractivity contribution in [3.63, 3.8) is 0 Å². The Hall–Kier alpha value is -1.30. The van der Waals surface area contributed by atoms with Crippen molar-refractivity contribution in [3.05, 3.63) is 0 Å². The van der Waals surface area contributed by atoms with Gasteiger partial charge in [-0.1, -0.05) is 12.1 Å². The summed E-state index contributed by atoms with van der Waals surface area (Å²) in [7, 11) is 0. The molecule has 0 aromatic heterocycles. The summed E-state index contributed by atoms with van der Waals surface area (Å²) in [5, 5.41) is 14.7. The van der Waals surface area contributed by atoms with E-state index in [0.717, 1.165) is 19.5 Å². The SMILES string of the molecule is CCC(CC(N)=NO)NCCC(=O)N(CC)CC. The molecule has 0 saturated carbocycles. The Morgan fingerprint density at radius 3 is 2.44 bits per heavy atom.